The van der Waals surface area contributed by atoms with Gasteiger partial charge in [0.15, 0.2) is 0 Å². The molecule has 1 atom stereocenters. The van der Waals surface area contributed by atoms with Crippen molar-refractivity contribution in [3.05, 3.63) is 44.9 Å². The Labute approximate surface area is 109 Å². The van der Waals surface area contributed by atoms with Gasteiger partial charge in [-0.25, -0.2) is 0 Å². The van der Waals surface area contributed by atoms with Crippen LogP contribution in [0.1, 0.15) is 37.4 Å². The Morgan fingerprint density at radius 2 is 2.06 bits per heavy atom. The third kappa shape index (κ3) is 2.88. The molecule has 0 bridgehead atoms. The minimum atomic E-state index is -0.504. The van der Waals surface area contributed by atoms with E-state index in [-0.39, 0.29) is 0 Å². The predicted molar refractivity (Wildman–Crippen MR) is 70.7 cm³/mol. The fourth-order valence-electron chi connectivity index (χ4n) is 2.06. The smallest absolute Gasteiger partial charge is 0.100 e. The standard InChI is InChI=1S/C13H14BrClO/c14-11-6-10(7-12(15)8-11)13(16)9-4-2-1-3-5-9/h4,6-8,13,16H,1-3,5H2. The summed E-state index contributed by atoms with van der Waals surface area (Å²) in [6.45, 7) is 0. The van der Waals surface area contributed by atoms with Crippen molar-refractivity contribution in [2.24, 2.45) is 0 Å². The van der Waals surface area contributed by atoms with Gasteiger partial charge in [-0.05, 0) is 55.0 Å². The third-order valence-corrected chi connectivity index (χ3v) is 3.55. The van der Waals surface area contributed by atoms with Crippen molar-refractivity contribution in [2.75, 3.05) is 0 Å². The van der Waals surface area contributed by atoms with E-state index in [9.17, 15) is 5.11 Å². The molecule has 1 N–H and O–H groups in total. The van der Waals surface area contributed by atoms with Crippen LogP contribution < -0.4 is 0 Å². The van der Waals surface area contributed by atoms with Gasteiger partial charge in [0.25, 0.3) is 0 Å². The molecule has 1 aliphatic carbocycles. The van der Waals surface area contributed by atoms with Crippen LogP contribution in [-0.4, -0.2) is 5.11 Å². The molecule has 0 aliphatic heterocycles. The molecule has 1 nitrogen and oxygen atoms in total. The van der Waals surface area contributed by atoms with E-state index < -0.39 is 6.10 Å². The Bertz CT molecular complexity index is 394. The second-order valence-corrected chi connectivity index (χ2v) is 5.48. The Morgan fingerprint density at radius 1 is 1.25 bits per heavy atom. The summed E-state index contributed by atoms with van der Waals surface area (Å²) in [5.74, 6) is 0. The number of halogens is 2. The number of hydrogen-bond acceptors (Lipinski definition) is 1. The van der Waals surface area contributed by atoms with E-state index >= 15 is 0 Å². The molecule has 0 spiro atoms. The largest absolute Gasteiger partial charge is 0.384 e. The van der Waals surface area contributed by atoms with Crippen LogP contribution in [0.4, 0.5) is 0 Å². The molecule has 0 heterocycles. The van der Waals surface area contributed by atoms with Crippen LogP contribution in [0, 0.1) is 0 Å². The first-order chi connectivity index (χ1) is 7.66. The van der Waals surface area contributed by atoms with E-state index in [0.29, 0.717) is 5.02 Å². The molecule has 1 aliphatic rings. The molecule has 0 amide bonds. The molecule has 0 saturated carbocycles. The number of aliphatic hydroxyl groups is 1. The molecule has 0 fully saturated rings. The molecule has 1 unspecified atom stereocenters. The number of allylic oxidation sites excluding steroid dienone is 1. The monoisotopic (exact) mass is 300 g/mol. The molecule has 1 aromatic carbocycles. The van der Waals surface area contributed by atoms with E-state index in [1.54, 1.807) is 0 Å². The molecule has 1 aromatic rings. The van der Waals surface area contributed by atoms with E-state index in [1.807, 2.05) is 18.2 Å². The van der Waals surface area contributed by atoms with Gasteiger partial charge in [0.1, 0.15) is 6.10 Å². The lowest BCUT2D eigenvalue weighted by atomic mass is 9.92. The molecular weight excluding hydrogens is 287 g/mol. The lowest BCUT2D eigenvalue weighted by Gasteiger charge is -2.19. The molecule has 3 heteroatoms. The summed E-state index contributed by atoms with van der Waals surface area (Å²) in [5, 5.41) is 10.9. The Kier molecular flexibility index (Phi) is 4.06. The molecule has 0 saturated heterocycles. The van der Waals surface area contributed by atoms with Crippen LogP contribution in [0.5, 0.6) is 0 Å². The molecule has 86 valence electrons. The maximum atomic E-state index is 10.2. The molecule has 2 rings (SSSR count). The van der Waals surface area contributed by atoms with Gasteiger partial charge >= 0.3 is 0 Å². The van der Waals surface area contributed by atoms with Crippen molar-refractivity contribution in [3.63, 3.8) is 0 Å². The van der Waals surface area contributed by atoms with Crippen molar-refractivity contribution >= 4 is 27.5 Å². The summed E-state index contributed by atoms with van der Waals surface area (Å²) in [5.41, 5.74) is 1.99. The first-order valence-corrected chi connectivity index (χ1v) is 6.67. The average molecular weight is 302 g/mol. The van der Waals surface area contributed by atoms with Crippen molar-refractivity contribution in [1.29, 1.82) is 0 Å². The topological polar surface area (TPSA) is 20.2 Å². The zero-order valence-corrected chi connectivity index (χ0v) is 11.3. The average Bonchev–Trinajstić information content (AvgIpc) is 2.28. The van der Waals surface area contributed by atoms with Crippen LogP contribution in [0.3, 0.4) is 0 Å². The fourth-order valence-corrected chi connectivity index (χ4v) is 2.94. The van der Waals surface area contributed by atoms with Crippen LogP contribution in [0.2, 0.25) is 5.02 Å². The number of hydrogen-bond donors (Lipinski definition) is 1. The van der Waals surface area contributed by atoms with Crippen molar-refractivity contribution < 1.29 is 5.11 Å². The van der Waals surface area contributed by atoms with Crippen LogP contribution in [0.15, 0.2) is 34.3 Å². The van der Waals surface area contributed by atoms with Gasteiger partial charge in [0, 0.05) is 9.50 Å². The minimum absolute atomic E-state index is 0.504. The molecule has 16 heavy (non-hydrogen) atoms. The zero-order valence-electron chi connectivity index (χ0n) is 8.92. The highest BCUT2D eigenvalue weighted by molar-refractivity contribution is 9.10. The van der Waals surface area contributed by atoms with Crippen LogP contribution in [-0.2, 0) is 0 Å². The Hall–Kier alpha value is -0.310. The first kappa shape index (κ1) is 12.2. The summed E-state index contributed by atoms with van der Waals surface area (Å²) in [7, 11) is 0. The summed E-state index contributed by atoms with van der Waals surface area (Å²) in [6, 6.07) is 5.57. The van der Waals surface area contributed by atoms with E-state index in [4.69, 9.17) is 11.6 Å². The quantitative estimate of drug-likeness (QED) is 0.789. The highest BCUT2D eigenvalue weighted by Crippen LogP contribution is 2.32. The Morgan fingerprint density at radius 3 is 2.69 bits per heavy atom. The van der Waals surface area contributed by atoms with Gasteiger partial charge in [0.2, 0.25) is 0 Å². The summed E-state index contributed by atoms with van der Waals surface area (Å²) in [6.07, 6.45) is 6.12. The number of aliphatic hydroxyl groups excluding tert-OH is 1. The summed E-state index contributed by atoms with van der Waals surface area (Å²) in [4.78, 5) is 0. The van der Waals surface area contributed by atoms with Gasteiger partial charge in [-0.1, -0.05) is 33.6 Å². The van der Waals surface area contributed by atoms with E-state index in [2.05, 4.69) is 22.0 Å². The fraction of sp³-hybridized carbons (Fsp3) is 0.385. The lowest BCUT2D eigenvalue weighted by molar-refractivity contribution is 0.208. The van der Waals surface area contributed by atoms with Gasteiger partial charge in [-0.2, -0.15) is 0 Å². The summed E-state index contributed by atoms with van der Waals surface area (Å²) >= 11 is 9.36. The Balaban J connectivity index is 2.25. The third-order valence-electron chi connectivity index (χ3n) is 2.88. The molecule has 0 aromatic heterocycles. The van der Waals surface area contributed by atoms with Crippen molar-refractivity contribution in [3.8, 4) is 0 Å². The van der Waals surface area contributed by atoms with Gasteiger partial charge in [-0.15, -0.1) is 0 Å². The molecular formula is C13H14BrClO. The highest BCUT2D eigenvalue weighted by Gasteiger charge is 2.16. The second kappa shape index (κ2) is 5.35. The zero-order chi connectivity index (χ0) is 11.5. The van der Waals surface area contributed by atoms with Gasteiger partial charge in [-0.3, -0.25) is 0 Å². The van der Waals surface area contributed by atoms with Crippen molar-refractivity contribution in [1.82, 2.24) is 0 Å². The molecule has 0 radical (unpaired) electrons. The van der Waals surface area contributed by atoms with Crippen LogP contribution in [0.25, 0.3) is 0 Å². The van der Waals surface area contributed by atoms with Gasteiger partial charge < -0.3 is 5.11 Å². The second-order valence-electron chi connectivity index (χ2n) is 4.13. The van der Waals surface area contributed by atoms with Gasteiger partial charge in [0.05, 0.1) is 0 Å². The lowest BCUT2D eigenvalue weighted by Crippen LogP contribution is -2.04. The highest BCUT2D eigenvalue weighted by atomic mass is 79.9. The number of benzene rings is 1. The van der Waals surface area contributed by atoms with Crippen molar-refractivity contribution in [2.45, 2.75) is 31.8 Å². The van der Waals surface area contributed by atoms with E-state index in [1.165, 1.54) is 12.8 Å². The first-order valence-electron chi connectivity index (χ1n) is 5.50. The maximum Gasteiger partial charge on any atom is 0.100 e. The van der Waals surface area contributed by atoms with Crippen LogP contribution >= 0.6 is 27.5 Å². The predicted octanol–water partition coefficient (Wildman–Crippen LogP) is 4.64. The SMILES string of the molecule is OC(C1=CCCCC1)c1cc(Cl)cc(Br)c1. The maximum absolute atomic E-state index is 10.2. The number of rotatable bonds is 2. The van der Waals surface area contributed by atoms with E-state index in [0.717, 1.165) is 28.5 Å². The summed E-state index contributed by atoms with van der Waals surface area (Å²) < 4.78 is 0.908. The normalized spacial score (nSPS) is 18.1. The minimum Gasteiger partial charge on any atom is -0.384 e.